The van der Waals surface area contributed by atoms with Gasteiger partial charge >= 0.3 is 0 Å². The number of nitrogens with zero attached hydrogens (tertiary/aromatic N) is 1. The standard InChI is InChI=1S/C26H25ClN2O3/c1-16-14-28-26(29-15-18-5-8-20(30-2)13-25(18)32-4)21-9-6-17(11-22(16)21)23-12-19(27)7-10-24(23)31-3/h5-14H,15H2,1-4H3,(H,28,29). The summed E-state index contributed by atoms with van der Waals surface area (Å²) in [7, 11) is 4.96. The number of nitrogens with one attached hydrogen (secondary N) is 1. The van der Waals surface area contributed by atoms with Crippen LogP contribution in [0.15, 0.2) is 60.8 Å². The lowest BCUT2D eigenvalue weighted by atomic mass is 9.99. The second-order valence-corrected chi connectivity index (χ2v) is 7.86. The molecule has 32 heavy (non-hydrogen) atoms. The van der Waals surface area contributed by atoms with Crippen LogP contribution in [0.3, 0.4) is 0 Å². The van der Waals surface area contributed by atoms with Crippen LogP contribution in [0.25, 0.3) is 21.9 Å². The van der Waals surface area contributed by atoms with Gasteiger partial charge in [0.05, 0.1) is 21.3 Å². The molecule has 0 aliphatic rings. The Labute approximate surface area is 192 Å². The van der Waals surface area contributed by atoms with Crippen molar-refractivity contribution in [3.05, 3.63) is 76.9 Å². The molecule has 0 aliphatic carbocycles. The molecule has 1 aromatic heterocycles. The Balaban J connectivity index is 1.69. The molecule has 0 unspecified atom stereocenters. The number of pyridine rings is 1. The van der Waals surface area contributed by atoms with Crippen LogP contribution in [0.5, 0.6) is 17.2 Å². The minimum Gasteiger partial charge on any atom is -0.497 e. The van der Waals surface area contributed by atoms with Crippen LogP contribution in [0.2, 0.25) is 5.02 Å². The highest BCUT2D eigenvalue weighted by molar-refractivity contribution is 6.31. The largest absolute Gasteiger partial charge is 0.497 e. The van der Waals surface area contributed by atoms with Gasteiger partial charge in [-0.1, -0.05) is 23.7 Å². The second-order valence-electron chi connectivity index (χ2n) is 7.43. The molecule has 1 N–H and O–H groups in total. The summed E-state index contributed by atoms with van der Waals surface area (Å²) in [4.78, 5) is 4.64. The summed E-state index contributed by atoms with van der Waals surface area (Å²) in [6, 6.07) is 17.7. The number of halogens is 1. The quantitative estimate of drug-likeness (QED) is 0.349. The predicted octanol–water partition coefficient (Wildman–Crippen LogP) is 6.50. The normalized spacial score (nSPS) is 10.8. The maximum Gasteiger partial charge on any atom is 0.134 e. The molecule has 4 aromatic rings. The number of ether oxygens (including phenoxy) is 3. The summed E-state index contributed by atoms with van der Waals surface area (Å²) in [6.07, 6.45) is 1.88. The zero-order chi connectivity index (χ0) is 22.7. The minimum absolute atomic E-state index is 0.572. The highest BCUT2D eigenvalue weighted by atomic mass is 35.5. The van der Waals surface area contributed by atoms with E-state index in [0.717, 1.165) is 56.1 Å². The number of rotatable bonds is 7. The monoisotopic (exact) mass is 448 g/mol. The van der Waals surface area contributed by atoms with E-state index >= 15 is 0 Å². The van der Waals surface area contributed by atoms with Crippen LogP contribution >= 0.6 is 11.6 Å². The third-order valence-corrected chi connectivity index (χ3v) is 5.73. The van der Waals surface area contributed by atoms with Gasteiger partial charge in [0.1, 0.15) is 23.1 Å². The van der Waals surface area contributed by atoms with Gasteiger partial charge in [-0.05, 0) is 59.8 Å². The van der Waals surface area contributed by atoms with E-state index < -0.39 is 0 Å². The van der Waals surface area contributed by atoms with Crippen molar-refractivity contribution in [3.8, 4) is 28.4 Å². The van der Waals surface area contributed by atoms with Crippen molar-refractivity contribution in [1.29, 1.82) is 0 Å². The predicted molar refractivity (Wildman–Crippen MR) is 130 cm³/mol. The Morgan fingerprint density at radius 1 is 0.844 bits per heavy atom. The van der Waals surface area contributed by atoms with Crippen molar-refractivity contribution >= 4 is 28.2 Å². The lowest BCUT2D eigenvalue weighted by Gasteiger charge is -2.15. The first-order valence-electron chi connectivity index (χ1n) is 10.2. The zero-order valence-corrected chi connectivity index (χ0v) is 19.3. The van der Waals surface area contributed by atoms with Crippen LogP contribution in [0, 0.1) is 6.92 Å². The fourth-order valence-electron chi connectivity index (χ4n) is 3.77. The van der Waals surface area contributed by atoms with Crippen molar-refractivity contribution in [3.63, 3.8) is 0 Å². The molecule has 3 aromatic carbocycles. The smallest absolute Gasteiger partial charge is 0.134 e. The van der Waals surface area contributed by atoms with Crippen molar-refractivity contribution in [2.45, 2.75) is 13.5 Å². The van der Waals surface area contributed by atoms with E-state index in [-0.39, 0.29) is 0 Å². The van der Waals surface area contributed by atoms with Crippen molar-refractivity contribution in [2.75, 3.05) is 26.6 Å². The van der Waals surface area contributed by atoms with Gasteiger partial charge in [0.2, 0.25) is 0 Å². The van der Waals surface area contributed by atoms with Gasteiger partial charge in [-0.25, -0.2) is 4.98 Å². The molecule has 0 saturated carbocycles. The van der Waals surface area contributed by atoms with Crippen LogP contribution in [0.4, 0.5) is 5.82 Å². The van der Waals surface area contributed by atoms with Gasteiger partial charge in [-0.3, -0.25) is 0 Å². The molecule has 6 heteroatoms. The molecule has 0 amide bonds. The minimum atomic E-state index is 0.572. The number of fused-ring (bicyclic) bond motifs is 1. The third-order valence-electron chi connectivity index (χ3n) is 5.50. The molecule has 0 bridgehead atoms. The van der Waals surface area contributed by atoms with E-state index in [2.05, 4.69) is 35.4 Å². The third kappa shape index (κ3) is 4.30. The Bertz CT molecular complexity index is 1270. The Morgan fingerprint density at radius 3 is 2.41 bits per heavy atom. The molecule has 164 valence electrons. The lowest BCUT2D eigenvalue weighted by Crippen LogP contribution is -2.04. The molecular formula is C26H25ClN2O3. The Morgan fingerprint density at radius 2 is 1.66 bits per heavy atom. The molecule has 5 nitrogen and oxygen atoms in total. The van der Waals surface area contributed by atoms with Gasteiger partial charge in [-0.2, -0.15) is 0 Å². The van der Waals surface area contributed by atoms with E-state index in [1.165, 1.54) is 0 Å². The first-order chi connectivity index (χ1) is 15.5. The number of hydrogen-bond donors (Lipinski definition) is 1. The average molecular weight is 449 g/mol. The van der Waals surface area contributed by atoms with E-state index in [0.29, 0.717) is 11.6 Å². The molecule has 1 heterocycles. The Hall–Kier alpha value is -3.44. The number of anilines is 1. The van der Waals surface area contributed by atoms with Crippen LogP contribution in [-0.4, -0.2) is 26.3 Å². The van der Waals surface area contributed by atoms with E-state index in [1.54, 1.807) is 21.3 Å². The maximum absolute atomic E-state index is 6.25. The van der Waals surface area contributed by atoms with E-state index in [1.807, 2.05) is 42.6 Å². The molecule has 0 fully saturated rings. The first-order valence-corrected chi connectivity index (χ1v) is 10.6. The average Bonchev–Trinajstić information content (AvgIpc) is 2.83. The number of hydrogen-bond acceptors (Lipinski definition) is 5. The molecule has 0 atom stereocenters. The Kier molecular flexibility index (Phi) is 6.37. The molecule has 4 rings (SSSR count). The number of benzene rings is 3. The van der Waals surface area contributed by atoms with Crippen molar-refractivity contribution < 1.29 is 14.2 Å². The van der Waals surface area contributed by atoms with Crippen LogP contribution in [0.1, 0.15) is 11.1 Å². The molecule has 0 spiro atoms. The summed E-state index contributed by atoms with van der Waals surface area (Å²) >= 11 is 6.25. The van der Waals surface area contributed by atoms with E-state index in [9.17, 15) is 0 Å². The second kappa shape index (κ2) is 9.37. The van der Waals surface area contributed by atoms with Crippen molar-refractivity contribution in [1.82, 2.24) is 4.98 Å². The van der Waals surface area contributed by atoms with Gasteiger partial charge in [0.15, 0.2) is 0 Å². The fraction of sp³-hybridized carbons (Fsp3) is 0.192. The van der Waals surface area contributed by atoms with Gasteiger partial charge in [-0.15, -0.1) is 0 Å². The van der Waals surface area contributed by atoms with Gasteiger partial charge in [0, 0.05) is 40.3 Å². The highest BCUT2D eigenvalue weighted by Gasteiger charge is 2.12. The lowest BCUT2D eigenvalue weighted by molar-refractivity contribution is 0.391. The number of methoxy groups -OCH3 is 3. The number of aryl methyl sites for hydroxylation is 1. The van der Waals surface area contributed by atoms with E-state index in [4.69, 9.17) is 25.8 Å². The fourth-order valence-corrected chi connectivity index (χ4v) is 3.94. The summed E-state index contributed by atoms with van der Waals surface area (Å²) in [5.41, 5.74) is 4.10. The number of aromatic nitrogens is 1. The topological polar surface area (TPSA) is 52.6 Å². The SMILES string of the molecule is COc1ccc(CNc2ncc(C)c3cc(-c4cc(Cl)ccc4OC)ccc23)c(OC)c1. The summed E-state index contributed by atoms with van der Waals surface area (Å²) in [5.74, 6) is 3.12. The highest BCUT2D eigenvalue weighted by Crippen LogP contribution is 2.36. The summed E-state index contributed by atoms with van der Waals surface area (Å²) < 4.78 is 16.3. The van der Waals surface area contributed by atoms with Crippen molar-refractivity contribution in [2.24, 2.45) is 0 Å². The summed E-state index contributed by atoms with van der Waals surface area (Å²) in [5, 5.41) is 6.28. The van der Waals surface area contributed by atoms with Gasteiger partial charge in [0.25, 0.3) is 0 Å². The van der Waals surface area contributed by atoms with Crippen LogP contribution < -0.4 is 19.5 Å². The zero-order valence-electron chi connectivity index (χ0n) is 18.5. The molecule has 0 aliphatic heterocycles. The van der Waals surface area contributed by atoms with Gasteiger partial charge < -0.3 is 19.5 Å². The summed E-state index contributed by atoms with van der Waals surface area (Å²) in [6.45, 7) is 2.63. The molecule has 0 saturated heterocycles. The molecule has 0 radical (unpaired) electrons. The maximum atomic E-state index is 6.25. The molecular weight excluding hydrogens is 424 g/mol. The first kappa shape index (κ1) is 21.8. The van der Waals surface area contributed by atoms with Crippen LogP contribution in [-0.2, 0) is 6.54 Å².